The molecule has 1 aliphatic rings. The second-order valence-electron chi connectivity index (χ2n) is 6.26. The first kappa shape index (κ1) is 16.0. The first-order chi connectivity index (χ1) is 12.1. The summed E-state index contributed by atoms with van der Waals surface area (Å²) in [4.78, 5) is 4.26. The van der Waals surface area contributed by atoms with Crippen LogP contribution in [0.1, 0.15) is 35.1 Å². The van der Waals surface area contributed by atoms with Crippen molar-refractivity contribution in [2.24, 2.45) is 0 Å². The molecule has 3 aromatic rings. The number of aryl methyl sites for hydroxylation is 1. The molecule has 4 rings (SSSR count). The van der Waals surface area contributed by atoms with Crippen molar-refractivity contribution in [1.29, 1.82) is 0 Å². The van der Waals surface area contributed by atoms with Crippen LogP contribution in [-0.2, 0) is 22.0 Å². The maximum absolute atomic E-state index is 12.9. The van der Waals surface area contributed by atoms with Gasteiger partial charge in [-0.1, -0.05) is 59.8 Å². The zero-order valence-corrected chi connectivity index (χ0v) is 14.4. The van der Waals surface area contributed by atoms with Gasteiger partial charge in [0.05, 0.1) is 5.25 Å². The van der Waals surface area contributed by atoms with E-state index in [9.17, 15) is 8.42 Å². The molecule has 0 fully saturated rings. The number of hydrogen-bond donors (Lipinski definition) is 0. The predicted octanol–water partition coefficient (Wildman–Crippen LogP) is 3.73. The van der Waals surface area contributed by atoms with Gasteiger partial charge in [-0.15, -0.1) is 0 Å². The van der Waals surface area contributed by atoms with Crippen molar-refractivity contribution in [3.63, 3.8) is 0 Å². The van der Waals surface area contributed by atoms with E-state index in [1.165, 1.54) is 0 Å². The van der Waals surface area contributed by atoms with Gasteiger partial charge in [-0.3, -0.25) is 0 Å². The molecular formula is C19H18N2O3S. The maximum atomic E-state index is 12.9. The van der Waals surface area contributed by atoms with Crippen molar-refractivity contribution >= 4 is 9.84 Å². The molecule has 0 aliphatic heterocycles. The average molecular weight is 354 g/mol. The monoisotopic (exact) mass is 354 g/mol. The summed E-state index contributed by atoms with van der Waals surface area (Å²) < 4.78 is 31.1. The Morgan fingerprint density at radius 2 is 1.80 bits per heavy atom. The summed E-state index contributed by atoms with van der Waals surface area (Å²) in [5, 5.41) is 3.41. The molecule has 0 saturated heterocycles. The standard InChI is InChI=1S/C19H18N2O3S/c22-25(23,17-12-6-10-14-7-4-5-11-16(14)17)13-18-20-19(21-24-18)15-8-2-1-3-9-15/h1-5,7-9,11,17H,6,10,12-13H2. The van der Waals surface area contributed by atoms with Gasteiger partial charge in [-0.2, -0.15) is 4.98 Å². The van der Waals surface area contributed by atoms with E-state index in [2.05, 4.69) is 10.1 Å². The number of benzene rings is 2. The van der Waals surface area contributed by atoms with Gasteiger partial charge in [0.15, 0.2) is 9.84 Å². The van der Waals surface area contributed by atoms with Crippen LogP contribution in [0.5, 0.6) is 0 Å². The van der Waals surface area contributed by atoms with Crippen LogP contribution in [0.15, 0.2) is 59.1 Å². The molecule has 0 bridgehead atoms. The maximum Gasteiger partial charge on any atom is 0.242 e. The Hall–Kier alpha value is -2.47. The molecule has 1 aliphatic carbocycles. The third kappa shape index (κ3) is 3.22. The lowest BCUT2D eigenvalue weighted by Gasteiger charge is -2.24. The van der Waals surface area contributed by atoms with Crippen LogP contribution in [0.4, 0.5) is 0 Å². The van der Waals surface area contributed by atoms with E-state index in [0.29, 0.717) is 12.2 Å². The lowest BCUT2D eigenvalue weighted by atomic mass is 9.91. The summed E-state index contributed by atoms with van der Waals surface area (Å²) in [7, 11) is -3.41. The van der Waals surface area contributed by atoms with E-state index in [1.54, 1.807) is 0 Å². The number of aromatic nitrogens is 2. The van der Waals surface area contributed by atoms with E-state index in [1.807, 2.05) is 54.6 Å². The molecule has 0 N–H and O–H groups in total. The molecule has 0 radical (unpaired) electrons. The molecule has 1 aromatic heterocycles. The van der Waals surface area contributed by atoms with Crippen molar-refractivity contribution in [3.05, 3.63) is 71.6 Å². The van der Waals surface area contributed by atoms with Crippen molar-refractivity contribution in [2.45, 2.75) is 30.3 Å². The fourth-order valence-corrected chi connectivity index (χ4v) is 5.18. The molecule has 1 heterocycles. The molecule has 2 aromatic carbocycles. The Morgan fingerprint density at radius 3 is 2.64 bits per heavy atom. The van der Waals surface area contributed by atoms with Crippen LogP contribution >= 0.6 is 0 Å². The minimum atomic E-state index is -3.41. The van der Waals surface area contributed by atoms with Crippen molar-refractivity contribution < 1.29 is 12.9 Å². The summed E-state index contributed by atoms with van der Waals surface area (Å²) in [6, 6.07) is 17.2. The van der Waals surface area contributed by atoms with Crippen molar-refractivity contribution in [1.82, 2.24) is 10.1 Å². The molecule has 1 unspecified atom stereocenters. The van der Waals surface area contributed by atoms with Gasteiger partial charge < -0.3 is 4.52 Å². The van der Waals surface area contributed by atoms with Gasteiger partial charge in [-0.05, 0) is 30.4 Å². The smallest absolute Gasteiger partial charge is 0.242 e. The largest absolute Gasteiger partial charge is 0.338 e. The summed E-state index contributed by atoms with van der Waals surface area (Å²) in [6.07, 6.45) is 2.44. The Kier molecular flexibility index (Phi) is 4.13. The van der Waals surface area contributed by atoms with Crippen LogP contribution in [0, 0.1) is 0 Å². The van der Waals surface area contributed by atoms with E-state index < -0.39 is 15.1 Å². The Bertz CT molecular complexity index is 981. The second-order valence-corrected chi connectivity index (χ2v) is 8.45. The fourth-order valence-electron chi connectivity index (χ4n) is 3.37. The SMILES string of the molecule is O=S(=O)(Cc1nc(-c2ccccc2)no1)C1CCCc2ccccc21. The van der Waals surface area contributed by atoms with Gasteiger partial charge in [0.25, 0.3) is 0 Å². The van der Waals surface area contributed by atoms with Gasteiger partial charge >= 0.3 is 0 Å². The highest BCUT2D eigenvalue weighted by Gasteiger charge is 2.33. The summed E-state index contributed by atoms with van der Waals surface area (Å²) in [5.74, 6) is 0.322. The summed E-state index contributed by atoms with van der Waals surface area (Å²) >= 11 is 0. The highest BCUT2D eigenvalue weighted by molar-refractivity contribution is 7.90. The van der Waals surface area contributed by atoms with E-state index in [0.717, 1.165) is 29.5 Å². The third-order valence-electron chi connectivity index (χ3n) is 4.57. The van der Waals surface area contributed by atoms with Crippen LogP contribution in [-0.4, -0.2) is 18.6 Å². The molecule has 0 amide bonds. The lowest BCUT2D eigenvalue weighted by Crippen LogP contribution is -2.20. The number of rotatable bonds is 4. The van der Waals surface area contributed by atoms with Crippen LogP contribution in [0.3, 0.4) is 0 Å². The molecular weight excluding hydrogens is 336 g/mol. The second kappa shape index (κ2) is 6.44. The van der Waals surface area contributed by atoms with E-state index in [4.69, 9.17) is 4.52 Å². The van der Waals surface area contributed by atoms with Crippen LogP contribution < -0.4 is 0 Å². The minimum absolute atomic E-state index is 0.141. The van der Waals surface area contributed by atoms with E-state index in [-0.39, 0.29) is 11.6 Å². The van der Waals surface area contributed by atoms with Gasteiger partial charge in [0.2, 0.25) is 11.7 Å². The first-order valence-corrected chi connectivity index (χ1v) is 10.0. The molecule has 0 spiro atoms. The number of fused-ring (bicyclic) bond motifs is 1. The Morgan fingerprint density at radius 1 is 1.04 bits per heavy atom. The quantitative estimate of drug-likeness (QED) is 0.714. The number of nitrogens with zero attached hydrogens (tertiary/aromatic N) is 2. The summed E-state index contributed by atoms with van der Waals surface area (Å²) in [5.41, 5.74) is 2.84. The first-order valence-electron chi connectivity index (χ1n) is 8.31. The number of hydrogen-bond acceptors (Lipinski definition) is 5. The van der Waals surface area contributed by atoms with E-state index >= 15 is 0 Å². The zero-order valence-electron chi connectivity index (χ0n) is 13.6. The minimum Gasteiger partial charge on any atom is -0.338 e. The van der Waals surface area contributed by atoms with Crippen LogP contribution in [0.25, 0.3) is 11.4 Å². The predicted molar refractivity (Wildman–Crippen MR) is 94.5 cm³/mol. The fraction of sp³-hybridized carbons (Fsp3) is 0.263. The average Bonchev–Trinajstić information content (AvgIpc) is 3.10. The molecule has 25 heavy (non-hydrogen) atoms. The van der Waals surface area contributed by atoms with Gasteiger partial charge in [-0.25, -0.2) is 8.42 Å². The normalized spacial score (nSPS) is 17.2. The molecule has 6 heteroatoms. The lowest BCUT2D eigenvalue weighted by molar-refractivity contribution is 0.388. The van der Waals surface area contributed by atoms with Gasteiger partial charge in [0.1, 0.15) is 5.75 Å². The number of sulfone groups is 1. The highest BCUT2D eigenvalue weighted by Crippen LogP contribution is 2.37. The van der Waals surface area contributed by atoms with Crippen molar-refractivity contribution in [3.8, 4) is 11.4 Å². The Labute approximate surface area is 146 Å². The molecule has 128 valence electrons. The van der Waals surface area contributed by atoms with Crippen molar-refractivity contribution in [2.75, 3.05) is 0 Å². The molecule has 1 atom stereocenters. The molecule has 0 saturated carbocycles. The summed E-state index contributed by atoms with van der Waals surface area (Å²) in [6.45, 7) is 0. The zero-order chi connectivity index (χ0) is 17.3. The Balaban J connectivity index is 1.60. The van der Waals surface area contributed by atoms with Crippen LogP contribution in [0.2, 0.25) is 0 Å². The van der Waals surface area contributed by atoms with Gasteiger partial charge in [0, 0.05) is 5.56 Å². The third-order valence-corrected chi connectivity index (χ3v) is 6.58. The topological polar surface area (TPSA) is 73.1 Å². The highest BCUT2D eigenvalue weighted by atomic mass is 32.2. The molecule has 5 nitrogen and oxygen atoms in total.